The lowest BCUT2D eigenvalue weighted by molar-refractivity contribution is -0.115. The van der Waals surface area contributed by atoms with Crippen molar-refractivity contribution in [2.75, 3.05) is 11.1 Å². The minimum atomic E-state index is -0.422. The van der Waals surface area contributed by atoms with Crippen molar-refractivity contribution in [2.45, 2.75) is 37.5 Å². The molecule has 1 atom stereocenters. The molecule has 146 valence electrons. The number of rotatable bonds is 2. The largest absolute Gasteiger partial charge is 0.325 e. The molecular formula is C20H21N3O3S2. The summed E-state index contributed by atoms with van der Waals surface area (Å²) in [4.78, 5) is 39.4. The Morgan fingerprint density at radius 2 is 1.96 bits per heavy atom. The molecule has 0 bridgehead atoms. The number of benzene rings is 1. The van der Waals surface area contributed by atoms with Gasteiger partial charge < -0.3 is 5.32 Å². The summed E-state index contributed by atoms with van der Waals surface area (Å²) in [7, 11) is 0. The zero-order chi connectivity index (χ0) is 19.7. The minimum absolute atomic E-state index is 0.0620. The smallest absolute Gasteiger partial charge is 0.279 e. The number of aryl methyl sites for hydroxylation is 1. The number of carbonyl (C=O) groups is 3. The lowest BCUT2D eigenvalue weighted by Crippen LogP contribution is -2.41. The Morgan fingerprint density at radius 3 is 2.82 bits per heavy atom. The van der Waals surface area contributed by atoms with E-state index in [1.165, 1.54) is 21.8 Å². The number of hydrazine groups is 1. The van der Waals surface area contributed by atoms with Gasteiger partial charge in [0.15, 0.2) is 0 Å². The lowest BCUT2D eigenvalue weighted by atomic mass is 9.90. The van der Waals surface area contributed by atoms with Crippen molar-refractivity contribution in [3.05, 3.63) is 45.1 Å². The van der Waals surface area contributed by atoms with Crippen molar-refractivity contribution in [1.29, 1.82) is 0 Å². The maximum atomic E-state index is 12.4. The molecule has 2 heterocycles. The Hall–Kier alpha value is -2.32. The molecule has 3 N–H and O–H groups in total. The molecule has 6 nitrogen and oxygen atoms in total. The van der Waals surface area contributed by atoms with Crippen molar-refractivity contribution < 1.29 is 14.4 Å². The molecule has 8 heteroatoms. The predicted molar refractivity (Wildman–Crippen MR) is 111 cm³/mol. The summed E-state index contributed by atoms with van der Waals surface area (Å²) in [6.07, 6.45) is 3.61. The highest BCUT2D eigenvalue weighted by Gasteiger charge is 2.21. The molecule has 0 saturated carbocycles. The second-order valence-corrected chi connectivity index (χ2v) is 9.45. The molecule has 1 aromatic carbocycles. The fourth-order valence-electron chi connectivity index (χ4n) is 3.43. The average Bonchev–Trinajstić information content (AvgIpc) is 3.00. The first-order valence-electron chi connectivity index (χ1n) is 9.28. The maximum Gasteiger partial charge on any atom is 0.279 e. The molecule has 1 aliphatic heterocycles. The normalized spacial score (nSPS) is 18.3. The quantitative estimate of drug-likeness (QED) is 0.656. The standard InChI is InChI=1S/C20H21N3O3S2/c1-11-2-4-15-13(8-11)10-17(28-15)20(26)23-22-19(25)12-3-5-16-14(9-12)21-18(24)6-7-27-16/h3,5,9-11H,2,4,6-8H2,1H3,(H,21,24)(H,22,25)(H,23,26). The summed E-state index contributed by atoms with van der Waals surface area (Å²) in [5, 5.41) is 2.81. The average molecular weight is 416 g/mol. The van der Waals surface area contributed by atoms with Crippen LogP contribution in [0.5, 0.6) is 0 Å². The van der Waals surface area contributed by atoms with E-state index in [9.17, 15) is 14.4 Å². The Labute approximate surface area is 171 Å². The maximum absolute atomic E-state index is 12.4. The molecule has 0 saturated heterocycles. The zero-order valence-corrected chi connectivity index (χ0v) is 17.1. The fourth-order valence-corrected chi connectivity index (χ4v) is 5.47. The van der Waals surface area contributed by atoms with Crippen LogP contribution < -0.4 is 16.2 Å². The molecule has 0 fully saturated rings. The van der Waals surface area contributed by atoms with E-state index in [2.05, 4.69) is 23.1 Å². The first kappa shape index (κ1) is 19.0. The van der Waals surface area contributed by atoms with Gasteiger partial charge in [-0.1, -0.05) is 6.92 Å². The van der Waals surface area contributed by atoms with Crippen molar-refractivity contribution in [3.63, 3.8) is 0 Å². The van der Waals surface area contributed by atoms with E-state index < -0.39 is 5.91 Å². The number of thioether (sulfide) groups is 1. The van der Waals surface area contributed by atoms with E-state index in [-0.39, 0.29) is 11.8 Å². The first-order valence-corrected chi connectivity index (χ1v) is 11.1. The van der Waals surface area contributed by atoms with Crippen molar-refractivity contribution >= 4 is 46.5 Å². The zero-order valence-electron chi connectivity index (χ0n) is 15.5. The van der Waals surface area contributed by atoms with Gasteiger partial charge in [0.25, 0.3) is 11.8 Å². The van der Waals surface area contributed by atoms with Gasteiger partial charge in [-0.3, -0.25) is 25.2 Å². The van der Waals surface area contributed by atoms with Crippen LogP contribution in [0.15, 0.2) is 29.2 Å². The molecule has 28 heavy (non-hydrogen) atoms. The summed E-state index contributed by atoms with van der Waals surface area (Å²) in [6, 6.07) is 7.08. The van der Waals surface area contributed by atoms with E-state index in [0.717, 1.165) is 24.2 Å². The third kappa shape index (κ3) is 4.07. The number of thiophene rings is 1. The van der Waals surface area contributed by atoms with Crippen LogP contribution in [-0.2, 0) is 17.6 Å². The Morgan fingerprint density at radius 1 is 1.14 bits per heavy atom. The molecule has 1 unspecified atom stereocenters. The van der Waals surface area contributed by atoms with Crippen LogP contribution >= 0.6 is 23.1 Å². The Bertz CT molecular complexity index is 954. The summed E-state index contributed by atoms with van der Waals surface area (Å²) >= 11 is 3.08. The van der Waals surface area contributed by atoms with Gasteiger partial charge in [-0.05, 0) is 55.0 Å². The number of hydrogen-bond acceptors (Lipinski definition) is 5. The van der Waals surface area contributed by atoms with Gasteiger partial charge in [0.1, 0.15) is 0 Å². The summed E-state index contributed by atoms with van der Waals surface area (Å²) in [5.74, 6) is 0.565. The molecule has 2 aliphatic rings. The molecule has 4 rings (SSSR count). The van der Waals surface area contributed by atoms with Crippen LogP contribution in [0.4, 0.5) is 5.69 Å². The number of fused-ring (bicyclic) bond motifs is 2. The molecule has 2 aromatic rings. The van der Waals surface area contributed by atoms with E-state index in [4.69, 9.17) is 0 Å². The Balaban J connectivity index is 1.40. The highest BCUT2D eigenvalue weighted by Crippen LogP contribution is 2.32. The molecular weight excluding hydrogens is 394 g/mol. The second kappa shape index (κ2) is 7.97. The summed E-state index contributed by atoms with van der Waals surface area (Å²) in [5.41, 5.74) is 7.22. The lowest BCUT2D eigenvalue weighted by Gasteiger charge is -2.16. The minimum Gasteiger partial charge on any atom is -0.325 e. The van der Waals surface area contributed by atoms with E-state index in [1.54, 1.807) is 23.9 Å². The third-order valence-corrected chi connectivity index (χ3v) is 7.26. The fraction of sp³-hybridized carbons (Fsp3) is 0.350. The monoisotopic (exact) mass is 415 g/mol. The van der Waals surface area contributed by atoms with E-state index in [0.29, 0.717) is 34.2 Å². The van der Waals surface area contributed by atoms with Crippen molar-refractivity contribution in [2.24, 2.45) is 5.92 Å². The molecule has 1 aromatic heterocycles. The van der Waals surface area contributed by atoms with Crippen LogP contribution in [0.25, 0.3) is 0 Å². The second-order valence-electron chi connectivity index (χ2n) is 7.17. The number of amides is 3. The van der Waals surface area contributed by atoms with Crippen LogP contribution in [0.3, 0.4) is 0 Å². The van der Waals surface area contributed by atoms with Crippen molar-refractivity contribution in [1.82, 2.24) is 10.9 Å². The van der Waals surface area contributed by atoms with Crippen molar-refractivity contribution in [3.8, 4) is 0 Å². The number of anilines is 1. The van der Waals surface area contributed by atoms with Crippen LogP contribution in [0, 0.1) is 5.92 Å². The summed E-state index contributed by atoms with van der Waals surface area (Å²) < 4.78 is 0. The Kier molecular flexibility index (Phi) is 5.41. The number of nitrogens with one attached hydrogen (secondary N) is 3. The first-order chi connectivity index (χ1) is 13.5. The highest BCUT2D eigenvalue weighted by molar-refractivity contribution is 7.99. The molecule has 1 aliphatic carbocycles. The van der Waals surface area contributed by atoms with Gasteiger partial charge in [-0.2, -0.15) is 0 Å². The van der Waals surface area contributed by atoms with Gasteiger partial charge in [0, 0.05) is 27.5 Å². The molecule has 0 spiro atoms. The summed E-state index contributed by atoms with van der Waals surface area (Å²) in [6.45, 7) is 2.22. The van der Waals surface area contributed by atoms with Gasteiger partial charge in [-0.15, -0.1) is 23.1 Å². The van der Waals surface area contributed by atoms with Gasteiger partial charge in [0.2, 0.25) is 5.91 Å². The number of hydrogen-bond donors (Lipinski definition) is 3. The van der Waals surface area contributed by atoms with Crippen LogP contribution in [0.1, 0.15) is 50.2 Å². The third-order valence-electron chi connectivity index (χ3n) is 4.95. The van der Waals surface area contributed by atoms with Crippen LogP contribution in [-0.4, -0.2) is 23.5 Å². The molecule has 3 amide bonds. The van der Waals surface area contributed by atoms with Crippen LogP contribution in [0.2, 0.25) is 0 Å². The van der Waals surface area contributed by atoms with Gasteiger partial charge in [0.05, 0.1) is 10.6 Å². The van der Waals surface area contributed by atoms with E-state index >= 15 is 0 Å². The van der Waals surface area contributed by atoms with Gasteiger partial charge >= 0.3 is 0 Å². The SMILES string of the molecule is CC1CCc2sc(C(=O)NNC(=O)c3ccc4c(c3)NC(=O)CCS4)cc2C1. The van der Waals surface area contributed by atoms with E-state index in [1.807, 2.05) is 12.1 Å². The topological polar surface area (TPSA) is 87.3 Å². The predicted octanol–water partition coefficient (Wildman–Crippen LogP) is 3.38. The highest BCUT2D eigenvalue weighted by atomic mass is 32.2. The number of carbonyl (C=O) groups excluding carboxylic acids is 3. The van der Waals surface area contributed by atoms with Gasteiger partial charge in [-0.25, -0.2) is 0 Å². The molecule has 0 radical (unpaired) electrons.